The third kappa shape index (κ3) is 25.5. The Hall–Kier alpha value is -8.27. The van der Waals surface area contributed by atoms with Crippen LogP contribution in [0, 0.1) is 5.92 Å². The highest BCUT2D eigenvalue weighted by molar-refractivity contribution is 5.99. The van der Waals surface area contributed by atoms with Gasteiger partial charge in [0.25, 0.3) is 0 Å². The molecule has 82 heavy (non-hydrogen) atoms. The van der Waals surface area contributed by atoms with Crippen LogP contribution in [-0.2, 0) is 64.0 Å². The Labute approximate surface area is 471 Å². The number of primary amides is 2. The van der Waals surface area contributed by atoms with E-state index in [1.54, 1.807) is 13.8 Å². The number of nitrogens with zero attached hydrogens (tertiary/aromatic N) is 1. The van der Waals surface area contributed by atoms with Crippen LogP contribution in [0.25, 0.3) is 0 Å². The number of benzene rings is 1. The number of carboxylic acids is 1. The van der Waals surface area contributed by atoms with E-state index in [4.69, 9.17) is 28.7 Å². The topological polar surface area (TPSA) is 577 Å². The van der Waals surface area contributed by atoms with E-state index < -0.39 is 182 Å². The first-order chi connectivity index (χ1) is 38.2. The summed E-state index contributed by atoms with van der Waals surface area (Å²) < 4.78 is 0. The molecule has 14 atom stereocenters. The molecule has 11 amide bonds. The number of rotatable bonds is 37. The average Bonchev–Trinajstić information content (AvgIpc) is 3.40. The molecule has 0 spiro atoms. The van der Waals surface area contributed by atoms with E-state index in [1.807, 2.05) is 0 Å². The molecule has 0 aliphatic carbocycles. The second-order valence-corrected chi connectivity index (χ2v) is 19.5. The quantitative estimate of drug-likeness (QED) is 0.0167. The number of nitrogens with two attached hydrogens (primary N) is 5. The number of amides is 11. The van der Waals surface area contributed by atoms with Crippen molar-refractivity contribution in [1.29, 1.82) is 0 Å². The van der Waals surface area contributed by atoms with Gasteiger partial charge in [0, 0.05) is 25.8 Å². The van der Waals surface area contributed by atoms with Crippen LogP contribution in [0.4, 0.5) is 0 Å². The van der Waals surface area contributed by atoms with Crippen molar-refractivity contribution < 1.29 is 88.2 Å². The average molecular weight is 1170 g/mol. The summed E-state index contributed by atoms with van der Waals surface area (Å²) >= 11 is 0. The molecule has 0 heterocycles. The maximum absolute atomic E-state index is 14.0. The van der Waals surface area contributed by atoms with E-state index in [-0.39, 0.29) is 43.4 Å². The summed E-state index contributed by atoms with van der Waals surface area (Å²) in [6.45, 7) is 6.83. The molecule has 0 bridgehead atoms. The number of nitrogens with one attached hydrogen (secondary N) is 9. The Kier molecular flexibility index (Phi) is 31.0. The Balaban J connectivity index is 3.46. The summed E-state index contributed by atoms with van der Waals surface area (Å²) in [4.78, 5) is 161. The lowest BCUT2D eigenvalue weighted by Gasteiger charge is -2.29. The van der Waals surface area contributed by atoms with Crippen molar-refractivity contribution in [3.8, 4) is 5.75 Å². The van der Waals surface area contributed by atoms with E-state index >= 15 is 0 Å². The number of aliphatic hydroxyl groups is 4. The maximum atomic E-state index is 14.0. The number of aliphatic hydroxyl groups excluding tert-OH is 4. The lowest BCUT2D eigenvalue weighted by atomic mass is 9.98. The van der Waals surface area contributed by atoms with Crippen LogP contribution >= 0.6 is 0 Å². The largest absolute Gasteiger partial charge is 0.508 e. The minimum atomic E-state index is -1.99. The van der Waals surface area contributed by atoms with Crippen LogP contribution in [0.5, 0.6) is 5.75 Å². The molecule has 1 aromatic rings. The van der Waals surface area contributed by atoms with Crippen LogP contribution in [0.15, 0.2) is 29.3 Å². The van der Waals surface area contributed by atoms with Gasteiger partial charge in [-0.05, 0) is 77.0 Å². The van der Waals surface area contributed by atoms with Gasteiger partial charge in [0.1, 0.15) is 60.1 Å². The van der Waals surface area contributed by atoms with E-state index in [2.05, 4.69) is 52.8 Å². The van der Waals surface area contributed by atoms with Crippen LogP contribution < -0.4 is 76.5 Å². The number of carbonyl (C=O) groups excluding carboxylic acids is 11. The second kappa shape index (κ2) is 35.5. The molecule has 1 rings (SSSR count). The number of carboxylic acid groups (broad SMARTS) is 1. The maximum Gasteiger partial charge on any atom is 0.326 e. The summed E-state index contributed by atoms with van der Waals surface area (Å²) in [7, 11) is 0. The molecule has 25 N–H and O–H groups in total. The lowest BCUT2D eigenvalue weighted by Crippen LogP contribution is -2.63. The third-order valence-corrected chi connectivity index (χ3v) is 12.5. The molecule has 0 aliphatic heterocycles. The summed E-state index contributed by atoms with van der Waals surface area (Å²) in [5, 5.41) is 81.6. The lowest BCUT2D eigenvalue weighted by molar-refractivity contribution is -0.143. The molecular weight excluding hydrogens is 1090 g/mol. The molecule has 33 heteroatoms. The van der Waals surface area contributed by atoms with Gasteiger partial charge in [-0.15, -0.1) is 0 Å². The first kappa shape index (κ1) is 71.7. The van der Waals surface area contributed by atoms with E-state index in [0.29, 0.717) is 12.0 Å². The first-order valence-electron chi connectivity index (χ1n) is 26.0. The molecule has 460 valence electrons. The van der Waals surface area contributed by atoms with Gasteiger partial charge in [0.05, 0.1) is 31.0 Å². The van der Waals surface area contributed by atoms with Crippen molar-refractivity contribution in [3.05, 3.63) is 29.8 Å². The van der Waals surface area contributed by atoms with Crippen LogP contribution in [0.3, 0.4) is 0 Å². The fourth-order valence-corrected chi connectivity index (χ4v) is 7.36. The number of guanidine groups is 1. The molecule has 0 saturated carbocycles. The fraction of sp³-hybridized carbons (Fsp3) is 0.612. The molecule has 0 aliphatic rings. The minimum Gasteiger partial charge on any atom is -0.508 e. The van der Waals surface area contributed by atoms with Gasteiger partial charge in [0.2, 0.25) is 65.0 Å². The number of aliphatic imine (C=N–C) groups is 1. The molecule has 1 aromatic carbocycles. The van der Waals surface area contributed by atoms with Crippen molar-refractivity contribution >= 4 is 76.9 Å². The van der Waals surface area contributed by atoms with Crippen molar-refractivity contribution in [3.63, 3.8) is 0 Å². The molecule has 33 nitrogen and oxygen atoms in total. The second-order valence-electron chi connectivity index (χ2n) is 19.5. The summed E-state index contributed by atoms with van der Waals surface area (Å²) in [6, 6.07) is -11.5. The predicted molar refractivity (Wildman–Crippen MR) is 289 cm³/mol. The zero-order valence-corrected chi connectivity index (χ0v) is 46.4. The molecular formula is C49H81N15O18. The molecule has 0 fully saturated rings. The van der Waals surface area contributed by atoms with Gasteiger partial charge in [-0.1, -0.05) is 32.4 Å². The third-order valence-electron chi connectivity index (χ3n) is 12.5. The Morgan fingerprint density at radius 2 is 0.902 bits per heavy atom. The van der Waals surface area contributed by atoms with Crippen LogP contribution in [-0.4, -0.2) is 199 Å². The van der Waals surface area contributed by atoms with Crippen molar-refractivity contribution in [2.24, 2.45) is 39.6 Å². The first-order valence-corrected chi connectivity index (χ1v) is 26.0. The Morgan fingerprint density at radius 3 is 1.34 bits per heavy atom. The normalized spacial score (nSPS) is 16.2. The Morgan fingerprint density at radius 1 is 0.512 bits per heavy atom. The van der Waals surface area contributed by atoms with Gasteiger partial charge in [0.15, 0.2) is 5.96 Å². The number of carbonyl (C=O) groups is 12. The van der Waals surface area contributed by atoms with Gasteiger partial charge in [-0.2, -0.15) is 0 Å². The molecule has 0 saturated heterocycles. The molecule has 0 aromatic heterocycles. The van der Waals surface area contributed by atoms with E-state index in [0.717, 1.165) is 13.8 Å². The standard InChI is InChI=1S/C49H81N15O18/c1-7-21(2)35(52)44(77)63-36(23(4)66)45(78)56-22(3)39(72)60-31(19-26-10-12-27(69)13-11-26)42(75)61-32(20-65)43(76)58-28(14-16-33(50)70)40(73)57-29(15-17-34(51)71)41(74)62-38(25(6)68)47(80)64-37(24(5)67)46(79)59-30(48(81)82)9-8-18-55-49(53)54/h10-13,21-25,28-32,35-38,65-69H,7-9,14-20,52H2,1-6H3,(H2,50,70)(H2,51,71)(H,56,78)(H,57,73)(H,58,76)(H,59,79)(H,60,72)(H,61,75)(H,62,74)(H,63,77)(H,64,80)(H,81,82)(H4,53,54,55)/t21-,22-,23+,24+,25+,28-,29-,30-,31-,32-,35-,36-,37-,38-/m0/s1. The highest BCUT2D eigenvalue weighted by Gasteiger charge is 2.38. The number of hydrogen-bond acceptors (Lipinski definition) is 19. The smallest absolute Gasteiger partial charge is 0.326 e. The van der Waals surface area contributed by atoms with Gasteiger partial charge >= 0.3 is 5.97 Å². The number of aromatic hydroxyl groups is 1. The zero-order valence-electron chi connectivity index (χ0n) is 46.4. The van der Waals surface area contributed by atoms with Crippen molar-refractivity contribution in [2.75, 3.05) is 13.2 Å². The number of aliphatic carboxylic acids is 1. The van der Waals surface area contributed by atoms with Crippen molar-refractivity contribution in [2.45, 2.75) is 172 Å². The predicted octanol–water partition coefficient (Wildman–Crippen LogP) is -8.50. The van der Waals surface area contributed by atoms with E-state index in [1.165, 1.54) is 38.1 Å². The SMILES string of the molecule is CC[C@H](C)[C@H](N)C(=O)N[C@H](C(=O)N[C@@H](C)C(=O)N[C@@H](Cc1ccc(O)cc1)C(=O)N[C@@H](CO)C(=O)N[C@@H](CCC(N)=O)C(=O)N[C@@H](CCC(N)=O)C(=O)N[C@H](C(=O)N[C@H](C(=O)N[C@@H](CCCN=C(N)N)C(=O)O)[C@@H](C)O)[C@@H](C)O)[C@@H](C)O. The van der Waals surface area contributed by atoms with Gasteiger partial charge in [-0.25, -0.2) is 4.79 Å². The molecule has 0 radical (unpaired) electrons. The summed E-state index contributed by atoms with van der Waals surface area (Å²) in [5.41, 5.74) is 27.5. The monoisotopic (exact) mass is 1170 g/mol. The number of phenols is 1. The van der Waals surface area contributed by atoms with Gasteiger partial charge < -0.3 is 107 Å². The van der Waals surface area contributed by atoms with Crippen molar-refractivity contribution in [1.82, 2.24) is 47.9 Å². The zero-order chi connectivity index (χ0) is 62.7. The highest BCUT2D eigenvalue weighted by Crippen LogP contribution is 2.13. The van der Waals surface area contributed by atoms with Gasteiger partial charge in [-0.3, -0.25) is 57.7 Å². The van der Waals surface area contributed by atoms with Crippen LogP contribution in [0.1, 0.15) is 92.1 Å². The summed E-state index contributed by atoms with van der Waals surface area (Å²) in [6.07, 6.45) is -7.33. The number of phenolic OH excluding ortho intramolecular Hbond substituents is 1. The minimum absolute atomic E-state index is 0.00106. The highest BCUT2D eigenvalue weighted by atomic mass is 16.4. The van der Waals surface area contributed by atoms with E-state index in [9.17, 15) is 88.2 Å². The fourth-order valence-electron chi connectivity index (χ4n) is 7.36. The Bertz CT molecular complexity index is 2410. The number of hydrogen-bond donors (Lipinski definition) is 20. The van der Waals surface area contributed by atoms with Crippen LogP contribution in [0.2, 0.25) is 0 Å². The summed E-state index contributed by atoms with van der Waals surface area (Å²) in [5.74, 6) is -14.5. The molecule has 0 unspecified atom stereocenters.